The van der Waals surface area contributed by atoms with E-state index < -0.39 is 12.0 Å². The molecule has 0 aliphatic carbocycles. The van der Waals surface area contributed by atoms with E-state index in [9.17, 15) is 9.90 Å². The number of aromatic amines is 1. The summed E-state index contributed by atoms with van der Waals surface area (Å²) in [6.07, 6.45) is 16.8. The second-order valence-electron chi connectivity index (χ2n) is 10.2. The number of aliphatic hydroxyl groups excluding tert-OH is 1. The number of allylic oxidation sites excluding steroid dienone is 1. The van der Waals surface area contributed by atoms with E-state index in [0.29, 0.717) is 17.8 Å². The lowest BCUT2D eigenvalue weighted by atomic mass is 9.90. The van der Waals surface area contributed by atoms with Crippen molar-refractivity contribution in [1.29, 1.82) is 0 Å². The summed E-state index contributed by atoms with van der Waals surface area (Å²) in [5, 5.41) is 23.3. The topological polar surface area (TPSA) is 178 Å². The highest BCUT2D eigenvalue weighted by Gasteiger charge is 2.16. The molecular weight excluding hydrogens is 504 g/mol. The van der Waals surface area contributed by atoms with E-state index in [1.807, 2.05) is 30.3 Å². The van der Waals surface area contributed by atoms with Gasteiger partial charge in [-0.3, -0.25) is 0 Å². The van der Waals surface area contributed by atoms with Gasteiger partial charge in [-0.1, -0.05) is 92.3 Å². The molecule has 1 aromatic carbocycles. The molecule has 0 fully saturated rings. The van der Waals surface area contributed by atoms with Gasteiger partial charge < -0.3 is 37.7 Å². The average Bonchev–Trinajstić information content (AvgIpc) is 3.45. The zero-order valence-corrected chi connectivity index (χ0v) is 23.5. The third kappa shape index (κ3) is 14.6. The quantitative estimate of drug-likeness (QED) is 0.0535. The van der Waals surface area contributed by atoms with Crippen molar-refractivity contribution in [2.75, 3.05) is 13.2 Å². The number of aliphatic carboxylic acids is 1. The number of carboxylic acids is 1. The minimum atomic E-state index is -1.06. The van der Waals surface area contributed by atoms with Gasteiger partial charge in [0, 0.05) is 18.7 Å². The monoisotopic (exact) mass is 551 g/mol. The Morgan fingerprint density at radius 2 is 1.70 bits per heavy atom. The Bertz CT molecular complexity index is 1030. The van der Waals surface area contributed by atoms with Crippen LogP contribution in [0.2, 0.25) is 0 Å². The van der Waals surface area contributed by atoms with Crippen molar-refractivity contribution in [2.24, 2.45) is 28.1 Å². The van der Waals surface area contributed by atoms with Gasteiger partial charge in [0.05, 0.1) is 6.54 Å². The fourth-order valence-electron chi connectivity index (χ4n) is 4.67. The van der Waals surface area contributed by atoms with Crippen LogP contribution in [0.4, 0.5) is 5.82 Å². The Hall–Kier alpha value is -3.56. The van der Waals surface area contributed by atoms with E-state index in [4.69, 9.17) is 27.6 Å². The van der Waals surface area contributed by atoms with E-state index in [2.05, 4.69) is 34.3 Å². The number of unbranched alkanes of at least 4 members (excludes halogenated alkanes) is 3. The minimum absolute atomic E-state index is 0.0706. The van der Waals surface area contributed by atoms with Crippen LogP contribution in [0.1, 0.15) is 69.8 Å². The molecule has 1 aromatic heterocycles. The second-order valence-corrected chi connectivity index (χ2v) is 10.2. The van der Waals surface area contributed by atoms with Crippen molar-refractivity contribution >= 4 is 23.8 Å². The van der Waals surface area contributed by atoms with Crippen LogP contribution in [0.15, 0.2) is 71.4 Å². The van der Waals surface area contributed by atoms with Gasteiger partial charge in [0.1, 0.15) is 0 Å². The summed E-state index contributed by atoms with van der Waals surface area (Å²) in [4.78, 5) is 18.8. The third-order valence-electron chi connectivity index (χ3n) is 6.86. The number of aliphatic imine (C=N–C) groups is 1. The van der Waals surface area contributed by atoms with Crippen LogP contribution < -0.4 is 17.2 Å². The van der Waals surface area contributed by atoms with Gasteiger partial charge in [-0.05, 0) is 61.6 Å². The first-order valence-electron chi connectivity index (χ1n) is 14.3. The van der Waals surface area contributed by atoms with Crippen molar-refractivity contribution in [3.63, 3.8) is 0 Å². The lowest BCUT2D eigenvalue weighted by Crippen LogP contribution is -2.24. The Morgan fingerprint density at radius 3 is 2.38 bits per heavy atom. The fourth-order valence-corrected chi connectivity index (χ4v) is 4.67. The van der Waals surface area contributed by atoms with Crippen molar-refractivity contribution in [3.8, 4) is 0 Å². The summed E-state index contributed by atoms with van der Waals surface area (Å²) in [5.41, 5.74) is 19.2. The first kappa shape index (κ1) is 32.7. The van der Waals surface area contributed by atoms with Crippen LogP contribution >= 0.6 is 0 Å². The number of carboxylic acid groups (broad SMARTS) is 1. The molecule has 9 nitrogen and oxygen atoms in total. The number of hydrogen-bond donors (Lipinski definition) is 6. The maximum Gasteiger partial charge on any atom is 0.328 e. The largest absolute Gasteiger partial charge is 0.478 e. The minimum Gasteiger partial charge on any atom is -0.478 e. The lowest BCUT2D eigenvalue weighted by Gasteiger charge is -2.28. The molecule has 9 N–H and O–H groups in total. The number of nitrogens with two attached hydrogens (primary N) is 3. The Balaban J connectivity index is 2.09. The molecule has 0 saturated carbocycles. The Kier molecular flexibility index (Phi) is 15.9. The number of aliphatic hydroxyl groups is 1. The maximum atomic E-state index is 11.6. The molecule has 1 heterocycles. The predicted octanol–water partition coefficient (Wildman–Crippen LogP) is 5.22. The zero-order valence-electron chi connectivity index (χ0n) is 23.5. The van der Waals surface area contributed by atoms with Gasteiger partial charge >= 0.3 is 5.97 Å². The predicted molar refractivity (Wildman–Crippen MR) is 164 cm³/mol. The fraction of sp³-hybridized carbons (Fsp3) is 0.484. The molecule has 3 atom stereocenters. The van der Waals surface area contributed by atoms with Gasteiger partial charge in [0.15, 0.2) is 5.96 Å². The van der Waals surface area contributed by atoms with Crippen molar-refractivity contribution in [1.82, 2.24) is 4.98 Å². The molecule has 0 aliphatic rings. The van der Waals surface area contributed by atoms with E-state index >= 15 is 0 Å². The van der Waals surface area contributed by atoms with Crippen LogP contribution in [-0.4, -0.2) is 52.4 Å². The maximum absolute atomic E-state index is 11.6. The van der Waals surface area contributed by atoms with Crippen molar-refractivity contribution < 1.29 is 15.0 Å². The number of carbonyl (C=O) groups is 1. The van der Waals surface area contributed by atoms with Crippen LogP contribution in [0.3, 0.4) is 0 Å². The SMILES string of the molecule is NC(N)=NCC(=CC(=O)O)C(CCC(C=Cc1ccccc1)CCCC(N)CCCCCCO)[N-]c1ccc[nH]1. The van der Waals surface area contributed by atoms with Gasteiger partial charge in [-0.25, -0.2) is 9.79 Å². The molecule has 3 unspecified atom stereocenters. The summed E-state index contributed by atoms with van der Waals surface area (Å²) < 4.78 is 0. The summed E-state index contributed by atoms with van der Waals surface area (Å²) in [6, 6.07) is 13.7. The molecule has 220 valence electrons. The number of nitrogens with one attached hydrogen (secondary N) is 1. The molecule has 2 aromatic rings. The molecule has 0 amide bonds. The van der Waals surface area contributed by atoms with Crippen LogP contribution in [0, 0.1) is 5.92 Å². The van der Waals surface area contributed by atoms with Crippen LogP contribution in [0.5, 0.6) is 0 Å². The summed E-state index contributed by atoms with van der Waals surface area (Å²) in [5.74, 6) is -0.207. The molecule has 0 radical (unpaired) electrons. The highest BCUT2D eigenvalue weighted by atomic mass is 16.4. The van der Waals surface area contributed by atoms with E-state index in [-0.39, 0.29) is 31.1 Å². The smallest absolute Gasteiger partial charge is 0.328 e. The normalized spacial score (nSPS) is 14.1. The molecule has 2 rings (SSSR count). The first-order valence-corrected chi connectivity index (χ1v) is 14.3. The molecule has 9 heteroatoms. The zero-order chi connectivity index (χ0) is 29.0. The van der Waals surface area contributed by atoms with E-state index in [0.717, 1.165) is 69.4 Å². The highest BCUT2D eigenvalue weighted by Crippen LogP contribution is 2.30. The molecule has 0 bridgehead atoms. The molecule has 0 saturated heterocycles. The highest BCUT2D eigenvalue weighted by molar-refractivity contribution is 5.81. The molecule has 40 heavy (non-hydrogen) atoms. The van der Waals surface area contributed by atoms with Crippen LogP contribution in [-0.2, 0) is 4.79 Å². The van der Waals surface area contributed by atoms with E-state index in [1.54, 1.807) is 6.20 Å². The van der Waals surface area contributed by atoms with Crippen molar-refractivity contribution in [2.45, 2.75) is 76.3 Å². The second kappa shape index (κ2) is 19.5. The molecule has 0 aliphatic heterocycles. The van der Waals surface area contributed by atoms with Gasteiger partial charge in [-0.15, -0.1) is 0 Å². The average molecular weight is 552 g/mol. The standard InChI is InChI=1S/C31H47N6O3/c32-27(13-6-1-2-7-21-38)14-8-12-25(17-16-24-10-4-3-5-11-24)18-19-28(37-29-15-9-20-35-29)26(22-30(39)40)23-36-31(33)34/h3-5,9-11,15-17,20,22,25,27-28,35,38H,1-2,6-8,12-14,18-19,21,23,32H2,(H,39,40)(H4,33,34,36)/q-1. The Labute approximate surface area is 238 Å². The number of aromatic nitrogens is 1. The number of hydrogen-bond acceptors (Lipinski definition) is 4. The number of guanidine groups is 1. The lowest BCUT2D eigenvalue weighted by molar-refractivity contribution is -0.131. The van der Waals surface area contributed by atoms with Gasteiger partial charge in [0.25, 0.3) is 0 Å². The Morgan fingerprint density at radius 1 is 0.950 bits per heavy atom. The summed E-state index contributed by atoms with van der Waals surface area (Å²) >= 11 is 0. The summed E-state index contributed by atoms with van der Waals surface area (Å²) in [6.45, 7) is 0.326. The first-order chi connectivity index (χ1) is 19.4. The van der Waals surface area contributed by atoms with Crippen LogP contribution in [0.25, 0.3) is 11.4 Å². The number of H-pyrrole nitrogens is 1. The third-order valence-corrected chi connectivity index (χ3v) is 6.86. The number of nitrogens with zero attached hydrogens (tertiary/aromatic N) is 2. The number of benzene rings is 1. The molecular formula is C31H47N6O3-. The van der Waals surface area contributed by atoms with E-state index in [1.165, 1.54) is 0 Å². The van der Waals surface area contributed by atoms with Crippen molar-refractivity contribution in [3.05, 3.63) is 77.3 Å². The van der Waals surface area contributed by atoms with Gasteiger partial charge in [-0.2, -0.15) is 0 Å². The van der Waals surface area contributed by atoms with Gasteiger partial charge in [0.2, 0.25) is 0 Å². The number of rotatable bonds is 21. The summed E-state index contributed by atoms with van der Waals surface area (Å²) in [7, 11) is 0. The molecule has 0 spiro atoms.